The summed E-state index contributed by atoms with van der Waals surface area (Å²) in [5.74, 6) is -2.95. The van der Waals surface area contributed by atoms with Crippen LogP contribution in [0, 0.1) is 23.4 Å². The molecule has 162 valence electrons. The van der Waals surface area contributed by atoms with Crippen LogP contribution in [0.5, 0.6) is 0 Å². The van der Waals surface area contributed by atoms with Crippen molar-refractivity contribution in [3.8, 4) is 11.3 Å². The number of piperidine rings is 1. The fourth-order valence-corrected chi connectivity index (χ4v) is 4.15. The minimum Gasteiger partial charge on any atom is -0.352 e. The smallest absolute Gasteiger partial charge is 0.254 e. The molecule has 1 aliphatic rings. The summed E-state index contributed by atoms with van der Waals surface area (Å²) in [6.07, 6.45) is 2.36. The summed E-state index contributed by atoms with van der Waals surface area (Å²) in [5.41, 5.74) is 2.03. The van der Waals surface area contributed by atoms with Gasteiger partial charge in [-0.3, -0.25) is 9.48 Å². The lowest BCUT2D eigenvalue weighted by molar-refractivity contribution is 0.0938. The lowest BCUT2D eigenvalue weighted by Gasteiger charge is -2.32. The number of hydrogen-bond donors (Lipinski definition) is 2. The second kappa shape index (κ2) is 8.93. The third-order valence-electron chi connectivity index (χ3n) is 5.83. The zero-order valence-corrected chi connectivity index (χ0v) is 17.0. The third kappa shape index (κ3) is 4.49. The molecule has 1 aliphatic heterocycles. The van der Waals surface area contributed by atoms with Crippen LogP contribution in [0.3, 0.4) is 0 Å². The highest BCUT2D eigenvalue weighted by Crippen LogP contribution is 2.31. The maximum absolute atomic E-state index is 14.6. The van der Waals surface area contributed by atoms with E-state index in [-0.39, 0.29) is 17.4 Å². The molecule has 31 heavy (non-hydrogen) atoms. The number of carbonyl (C=O) groups is 1. The van der Waals surface area contributed by atoms with Crippen molar-refractivity contribution in [3.63, 3.8) is 0 Å². The highest BCUT2D eigenvalue weighted by atomic mass is 19.2. The van der Waals surface area contributed by atoms with E-state index in [1.807, 2.05) is 0 Å². The van der Waals surface area contributed by atoms with Gasteiger partial charge in [0.1, 0.15) is 5.82 Å². The molecule has 5 nitrogen and oxygen atoms in total. The van der Waals surface area contributed by atoms with E-state index in [9.17, 15) is 18.0 Å². The van der Waals surface area contributed by atoms with Crippen LogP contribution >= 0.6 is 0 Å². The van der Waals surface area contributed by atoms with Gasteiger partial charge in [0.05, 0.1) is 11.3 Å². The first-order valence-corrected chi connectivity index (χ1v) is 10.2. The normalized spacial score (nSPS) is 18.7. The van der Waals surface area contributed by atoms with Gasteiger partial charge in [-0.15, -0.1) is 0 Å². The third-order valence-corrected chi connectivity index (χ3v) is 5.83. The van der Waals surface area contributed by atoms with Crippen LogP contribution < -0.4 is 10.6 Å². The van der Waals surface area contributed by atoms with E-state index in [2.05, 4.69) is 15.7 Å². The van der Waals surface area contributed by atoms with Gasteiger partial charge in [0.25, 0.3) is 5.91 Å². The second-order valence-corrected chi connectivity index (χ2v) is 7.78. The Morgan fingerprint density at radius 1 is 1.13 bits per heavy atom. The first kappa shape index (κ1) is 21.1. The molecular weight excluding hydrogens is 405 g/mol. The van der Waals surface area contributed by atoms with Crippen molar-refractivity contribution in [1.29, 1.82) is 0 Å². The van der Waals surface area contributed by atoms with Gasteiger partial charge in [-0.05, 0) is 60.7 Å². The quantitative estimate of drug-likeness (QED) is 0.653. The lowest BCUT2D eigenvalue weighted by Crippen LogP contribution is -2.42. The molecule has 3 aromatic rings. The van der Waals surface area contributed by atoms with Crippen molar-refractivity contribution < 1.29 is 18.0 Å². The summed E-state index contributed by atoms with van der Waals surface area (Å²) in [7, 11) is 1.76. The summed E-state index contributed by atoms with van der Waals surface area (Å²) >= 11 is 0. The number of rotatable bonds is 5. The Bertz CT molecular complexity index is 1100. The first-order valence-electron chi connectivity index (χ1n) is 10.2. The molecule has 1 amide bonds. The van der Waals surface area contributed by atoms with Crippen molar-refractivity contribution in [2.24, 2.45) is 13.0 Å². The molecule has 0 aliphatic carbocycles. The minimum absolute atomic E-state index is 0.0284. The van der Waals surface area contributed by atoms with E-state index in [1.54, 1.807) is 36.1 Å². The van der Waals surface area contributed by atoms with Crippen molar-refractivity contribution in [2.75, 3.05) is 19.6 Å². The molecule has 0 unspecified atom stereocenters. The van der Waals surface area contributed by atoms with Crippen LogP contribution in [-0.2, 0) is 7.05 Å². The Hall–Kier alpha value is -3.13. The second-order valence-electron chi connectivity index (χ2n) is 7.78. The van der Waals surface area contributed by atoms with Crippen LogP contribution in [0.2, 0.25) is 0 Å². The average Bonchev–Trinajstić information content (AvgIpc) is 3.20. The molecule has 2 N–H and O–H groups in total. The number of aryl methyl sites for hydroxylation is 1. The van der Waals surface area contributed by atoms with Gasteiger partial charge in [-0.2, -0.15) is 5.10 Å². The Balaban J connectivity index is 1.45. The summed E-state index contributed by atoms with van der Waals surface area (Å²) in [5, 5.41) is 10.1. The molecule has 8 heteroatoms. The maximum atomic E-state index is 14.6. The zero-order valence-electron chi connectivity index (χ0n) is 17.0. The van der Waals surface area contributed by atoms with E-state index in [1.165, 1.54) is 18.2 Å². The largest absolute Gasteiger partial charge is 0.352 e. The summed E-state index contributed by atoms with van der Waals surface area (Å²) in [6, 6.07) is 10.2. The van der Waals surface area contributed by atoms with Crippen LogP contribution in [0.4, 0.5) is 13.2 Å². The number of halogens is 3. The van der Waals surface area contributed by atoms with E-state index in [0.717, 1.165) is 24.7 Å². The van der Waals surface area contributed by atoms with Crippen molar-refractivity contribution >= 4 is 5.91 Å². The number of amides is 1. The van der Waals surface area contributed by atoms with Gasteiger partial charge >= 0.3 is 0 Å². The minimum atomic E-state index is -0.882. The van der Waals surface area contributed by atoms with Crippen LogP contribution in [0.1, 0.15) is 28.3 Å². The van der Waals surface area contributed by atoms with E-state index >= 15 is 0 Å². The highest BCUT2D eigenvalue weighted by Gasteiger charge is 2.28. The molecular formula is C23H23F3N4O. The Morgan fingerprint density at radius 3 is 2.68 bits per heavy atom. The summed E-state index contributed by atoms with van der Waals surface area (Å²) < 4.78 is 43.3. The molecule has 2 atom stereocenters. The fraction of sp³-hybridized carbons (Fsp3) is 0.304. The Labute approximate surface area is 178 Å². The average molecular weight is 428 g/mol. The molecule has 0 spiro atoms. The summed E-state index contributed by atoms with van der Waals surface area (Å²) in [4.78, 5) is 12.6. The molecule has 1 aromatic heterocycles. The Morgan fingerprint density at radius 2 is 1.97 bits per heavy atom. The SMILES string of the molecule is Cn1nccc1-c1ccc(C(=O)NC[C@@H]2CNCC[C@H]2c2ccc(F)c(F)c2)c(F)c1. The number of nitrogens with zero attached hydrogens (tertiary/aromatic N) is 2. The predicted octanol–water partition coefficient (Wildman–Crippen LogP) is 3.63. The van der Waals surface area contributed by atoms with Gasteiger partial charge in [-0.1, -0.05) is 12.1 Å². The molecule has 2 heterocycles. The fourth-order valence-electron chi connectivity index (χ4n) is 4.15. The number of hydrogen-bond acceptors (Lipinski definition) is 3. The van der Waals surface area contributed by atoms with E-state index < -0.39 is 23.4 Å². The zero-order chi connectivity index (χ0) is 22.0. The van der Waals surface area contributed by atoms with Crippen molar-refractivity contribution in [1.82, 2.24) is 20.4 Å². The standard InChI is InChI=1S/C23H23F3N4O/c1-30-22(7-9-29-30)15-2-4-18(20(25)11-15)23(31)28-13-16-12-27-8-6-17(16)14-3-5-19(24)21(26)10-14/h2-5,7,9-11,16-17,27H,6,8,12-13H2,1H3,(H,28,31)/t16-,17-/m0/s1. The van der Waals surface area contributed by atoms with E-state index in [4.69, 9.17) is 0 Å². The highest BCUT2D eigenvalue weighted by molar-refractivity contribution is 5.95. The number of aromatic nitrogens is 2. The van der Waals surface area contributed by atoms with E-state index in [0.29, 0.717) is 24.2 Å². The number of benzene rings is 2. The number of nitrogens with one attached hydrogen (secondary N) is 2. The monoisotopic (exact) mass is 428 g/mol. The molecule has 1 saturated heterocycles. The Kier molecular flexibility index (Phi) is 6.08. The van der Waals surface area contributed by atoms with Crippen LogP contribution in [-0.4, -0.2) is 35.3 Å². The molecule has 0 saturated carbocycles. The van der Waals surface area contributed by atoms with Gasteiger partial charge in [-0.25, -0.2) is 13.2 Å². The summed E-state index contributed by atoms with van der Waals surface area (Å²) in [6.45, 7) is 1.66. The van der Waals surface area contributed by atoms with Gasteiger partial charge in [0.15, 0.2) is 11.6 Å². The molecule has 0 bridgehead atoms. The van der Waals surface area contributed by atoms with Crippen LogP contribution in [0.15, 0.2) is 48.7 Å². The number of carbonyl (C=O) groups excluding carboxylic acids is 1. The van der Waals surface area contributed by atoms with Gasteiger partial charge < -0.3 is 10.6 Å². The van der Waals surface area contributed by atoms with Gasteiger partial charge in [0.2, 0.25) is 0 Å². The lowest BCUT2D eigenvalue weighted by atomic mass is 9.81. The molecule has 0 radical (unpaired) electrons. The maximum Gasteiger partial charge on any atom is 0.254 e. The first-order chi connectivity index (χ1) is 14.9. The molecule has 1 fully saturated rings. The van der Waals surface area contributed by atoms with Crippen molar-refractivity contribution in [2.45, 2.75) is 12.3 Å². The predicted molar refractivity (Wildman–Crippen MR) is 111 cm³/mol. The molecule has 2 aromatic carbocycles. The van der Waals surface area contributed by atoms with Gasteiger partial charge in [0, 0.05) is 31.9 Å². The topological polar surface area (TPSA) is 59.0 Å². The van der Waals surface area contributed by atoms with Crippen LogP contribution in [0.25, 0.3) is 11.3 Å². The van der Waals surface area contributed by atoms with Crippen molar-refractivity contribution in [3.05, 3.63) is 77.2 Å². The molecule has 4 rings (SSSR count).